The largest absolute Gasteiger partial charge is 0.485 e. The Morgan fingerprint density at radius 2 is 2.07 bits per heavy atom. The van der Waals surface area contributed by atoms with Crippen LogP contribution < -0.4 is 10.1 Å². The van der Waals surface area contributed by atoms with Gasteiger partial charge >= 0.3 is 0 Å². The highest BCUT2D eigenvalue weighted by Crippen LogP contribution is 2.23. The van der Waals surface area contributed by atoms with E-state index in [0.717, 1.165) is 16.9 Å². The molecular formula is C21H22ClFN4O2S. The van der Waals surface area contributed by atoms with Crippen molar-refractivity contribution in [2.45, 2.75) is 39.1 Å². The third kappa shape index (κ3) is 5.31. The molecule has 1 N–H and O–H groups in total. The molecule has 1 aromatic heterocycles. The fraction of sp³-hybridized carbons (Fsp3) is 0.286. The highest BCUT2D eigenvalue weighted by atomic mass is 35.5. The molecule has 2 aromatic carbocycles. The van der Waals surface area contributed by atoms with E-state index in [0.29, 0.717) is 23.2 Å². The molecule has 0 aliphatic heterocycles. The number of hydrogen-bond donors (Lipinski definition) is 1. The summed E-state index contributed by atoms with van der Waals surface area (Å²) in [5, 5.41) is 11.7. The molecule has 9 heteroatoms. The van der Waals surface area contributed by atoms with Gasteiger partial charge in [0.2, 0.25) is 5.91 Å². The molecule has 6 nitrogen and oxygen atoms in total. The average molecular weight is 449 g/mol. The summed E-state index contributed by atoms with van der Waals surface area (Å²) in [5.74, 6) is 0.848. The van der Waals surface area contributed by atoms with E-state index in [1.807, 2.05) is 43.5 Å². The van der Waals surface area contributed by atoms with Crippen LogP contribution in [0.1, 0.15) is 23.9 Å². The summed E-state index contributed by atoms with van der Waals surface area (Å²) in [4.78, 5) is 12.2. The molecule has 0 aliphatic carbocycles. The number of halogens is 2. The Bertz CT molecular complexity index is 1060. The minimum atomic E-state index is -0.532. The van der Waals surface area contributed by atoms with Gasteiger partial charge in [-0.05, 0) is 56.2 Å². The van der Waals surface area contributed by atoms with Crippen molar-refractivity contribution >= 4 is 35.0 Å². The van der Waals surface area contributed by atoms with E-state index in [1.54, 1.807) is 0 Å². The number of ether oxygens (including phenoxy) is 1. The monoisotopic (exact) mass is 448 g/mol. The van der Waals surface area contributed by atoms with Gasteiger partial charge in [-0.3, -0.25) is 4.79 Å². The molecule has 158 valence electrons. The number of carbonyl (C=O) groups is 1. The standard InChI is InChI=1S/C21H22ClFN4O2S/c1-4-27-19(11-29-18-7-5-6-13(2)14(18)3)25-26-21(27)30-12-20(28)24-15-8-9-17(23)16(22)10-15/h5-10H,4,11-12H2,1-3H3,(H,24,28). The van der Waals surface area contributed by atoms with E-state index in [1.165, 1.54) is 30.0 Å². The van der Waals surface area contributed by atoms with Crippen molar-refractivity contribution in [2.24, 2.45) is 0 Å². The number of aryl methyl sites for hydroxylation is 1. The molecule has 0 aliphatic rings. The van der Waals surface area contributed by atoms with Crippen LogP contribution in [0.4, 0.5) is 10.1 Å². The van der Waals surface area contributed by atoms with Crippen LogP contribution in [0.2, 0.25) is 5.02 Å². The minimum Gasteiger partial charge on any atom is -0.485 e. The lowest BCUT2D eigenvalue weighted by atomic mass is 10.1. The number of nitrogens with one attached hydrogen (secondary N) is 1. The molecule has 0 radical (unpaired) electrons. The summed E-state index contributed by atoms with van der Waals surface area (Å²) in [6.07, 6.45) is 0. The Hall–Kier alpha value is -2.58. The fourth-order valence-electron chi connectivity index (χ4n) is 2.77. The van der Waals surface area contributed by atoms with Crippen LogP contribution in [-0.4, -0.2) is 26.4 Å². The molecule has 0 unspecified atom stereocenters. The molecule has 1 amide bonds. The van der Waals surface area contributed by atoms with Crippen LogP contribution >= 0.6 is 23.4 Å². The molecule has 0 saturated heterocycles. The predicted octanol–water partition coefficient (Wildman–Crippen LogP) is 5.02. The lowest BCUT2D eigenvalue weighted by molar-refractivity contribution is -0.113. The van der Waals surface area contributed by atoms with Gasteiger partial charge in [0.1, 0.15) is 18.2 Å². The summed E-state index contributed by atoms with van der Waals surface area (Å²) in [7, 11) is 0. The lowest BCUT2D eigenvalue weighted by Gasteiger charge is -2.11. The number of amides is 1. The summed E-state index contributed by atoms with van der Waals surface area (Å²) in [5.41, 5.74) is 2.69. The Morgan fingerprint density at radius 3 is 2.80 bits per heavy atom. The third-order valence-electron chi connectivity index (χ3n) is 4.56. The Morgan fingerprint density at radius 1 is 1.27 bits per heavy atom. The second kappa shape index (κ2) is 9.95. The Kier molecular flexibility index (Phi) is 7.33. The lowest BCUT2D eigenvalue weighted by Crippen LogP contribution is -2.15. The normalized spacial score (nSPS) is 10.8. The zero-order valence-electron chi connectivity index (χ0n) is 16.9. The number of rotatable bonds is 8. The Labute approximate surface area is 183 Å². The van der Waals surface area contributed by atoms with E-state index in [4.69, 9.17) is 16.3 Å². The van der Waals surface area contributed by atoms with Crippen molar-refractivity contribution in [2.75, 3.05) is 11.1 Å². The van der Waals surface area contributed by atoms with Crippen molar-refractivity contribution in [1.82, 2.24) is 14.8 Å². The topological polar surface area (TPSA) is 69.0 Å². The number of benzene rings is 2. The summed E-state index contributed by atoms with van der Waals surface area (Å²) in [6, 6.07) is 9.96. The SMILES string of the molecule is CCn1c(COc2cccc(C)c2C)nnc1SCC(=O)Nc1ccc(F)c(Cl)c1. The molecule has 0 fully saturated rings. The van der Waals surface area contributed by atoms with Gasteiger partial charge in [0.15, 0.2) is 11.0 Å². The van der Waals surface area contributed by atoms with Crippen LogP contribution in [0.5, 0.6) is 5.75 Å². The predicted molar refractivity (Wildman–Crippen MR) is 117 cm³/mol. The third-order valence-corrected chi connectivity index (χ3v) is 5.81. The van der Waals surface area contributed by atoms with Gasteiger partial charge in [-0.15, -0.1) is 10.2 Å². The van der Waals surface area contributed by atoms with E-state index in [2.05, 4.69) is 15.5 Å². The summed E-state index contributed by atoms with van der Waals surface area (Å²) < 4.78 is 21.1. The smallest absolute Gasteiger partial charge is 0.234 e. The zero-order valence-corrected chi connectivity index (χ0v) is 18.5. The number of thioether (sulfide) groups is 1. The van der Waals surface area contributed by atoms with Crippen molar-refractivity contribution in [3.05, 3.63) is 64.2 Å². The van der Waals surface area contributed by atoms with Gasteiger partial charge in [0.25, 0.3) is 0 Å². The van der Waals surface area contributed by atoms with Crippen LogP contribution in [0, 0.1) is 19.7 Å². The van der Waals surface area contributed by atoms with Gasteiger partial charge in [0.05, 0.1) is 10.8 Å². The van der Waals surface area contributed by atoms with Gasteiger partial charge in [-0.2, -0.15) is 0 Å². The highest BCUT2D eigenvalue weighted by Gasteiger charge is 2.15. The number of hydrogen-bond acceptors (Lipinski definition) is 5. The summed E-state index contributed by atoms with van der Waals surface area (Å²) >= 11 is 7.01. The molecule has 0 spiro atoms. The van der Waals surface area contributed by atoms with E-state index < -0.39 is 5.82 Å². The number of carbonyl (C=O) groups excluding carboxylic acids is 1. The van der Waals surface area contributed by atoms with Crippen LogP contribution in [0.25, 0.3) is 0 Å². The number of nitrogens with zero attached hydrogens (tertiary/aromatic N) is 3. The molecule has 0 saturated carbocycles. The van der Waals surface area contributed by atoms with E-state index >= 15 is 0 Å². The second-order valence-corrected chi connectivity index (χ2v) is 7.95. The van der Waals surface area contributed by atoms with Crippen LogP contribution in [0.15, 0.2) is 41.6 Å². The highest BCUT2D eigenvalue weighted by molar-refractivity contribution is 7.99. The Balaban J connectivity index is 1.60. The maximum atomic E-state index is 13.2. The molecule has 30 heavy (non-hydrogen) atoms. The van der Waals surface area contributed by atoms with Gasteiger partial charge in [0, 0.05) is 12.2 Å². The molecule has 0 atom stereocenters. The molecule has 0 bridgehead atoms. The second-order valence-electron chi connectivity index (χ2n) is 6.60. The average Bonchev–Trinajstić information content (AvgIpc) is 3.12. The quantitative estimate of drug-likeness (QED) is 0.490. The van der Waals surface area contributed by atoms with Crippen LogP contribution in [0.3, 0.4) is 0 Å². The van der Waals surface area contributed by atoms with Crippen LogP contribution in [-0.2, 0) is 17.9 Å². The molecule has 3 aromatic rings. The number of anilines is 1. The number of aromatic nitrogens is 3. The first-order valence-electron chi connectivity index (χ1n) is 9.37. The maximum absolute atomic E-state index is 13.2. The van der Waals surface area contributed by atoms with Crippen molar-refractivity contribution in [3.8, 4) is 5.75 Å². The van der Waals surface area contributed by atoms with Crippen molar-refractivity contribution in [1.29, 1.82) is 0 Å². The first kappa shape index (κ1) is 22.1. The molecule has 1 heterocycles. The zero-order chi connectivity index (χ0) is 21.7. The van der Waals surface area contributed by atoms with Gasteiger partial charge < -0.3 is 14.6 Å². The summed E-state index contributed by atoms with van der Waals surface area (Å²) in [6.45, 7) is 6.97. The first-order valence-corrected chi connectivity index (χ1v) is 10.7. The first-order chi connectivity index (χ1) is 14.4. The van der Waals surface area contributed by atoms with Gasteiger partial charge in [-0.1, -0.05) is 35.5 Å². The molecular weight excluding hydrogens is 427 g/mol. The van der Waals surface area contributed by atoms with Gasteiger partial charge in [-0.25, -0.2) is 4.39 Å². The molecule has 3 rings (SSSR count). The minimum absolute atomic E-state index is 0.0420. The van der Waals surface area contributed by atoms with E-state index in [-0.39, 0.29) is 23.3 Å². The van der Waals surface area contributed by atoms with Crippen molar-refractivity contribution in [3.63, 3.8) is 0 Å². The van der Waals surface area contributed by atoms with Crippen molar-refractivity contribution < 1.29 is 13.9 Å². The fourth-order valence-corrected chi connectivity index (χ4v) is 3.78. The maximum Gasteiger partial charge on any atom is 0.234 e. The van der Waals surface area contributed by atoms with E-state index in [9.17, 15) is 9.18 Å².